The van der Waals surface area contributed by atoms with Crippen LogP contribution in [0.5, 0.6) is 0 Å². The molecule has 3 heteroatoms. The number of nitrogens with two attached hydrogens (primary N) is 1. The van der Waals surface area contributed by atoms with E-state index in [9.17, 15) is 0 Å². The van der Waals surface area contributed by atoms with Gasteiger partial charge in [0.15, 0.2) is 0 Å². The summed E-state index contributed by atoms with van der Waals surface area (Å²) in [7, 11) is 0. The Morgan fingerprint density at radius 3 is 2.50 bits per heavy atom. The van der Waals surface area contributed by atoms with Crippen molar-refractivity contribution in [3.05, 3.63) is 42.9 Å². The summed E-state index contributed by atoms with van der Waals surface area (Å²) in [5, 5.41) is 0. The van der Waals surface area contributed by atoms with E-state index < -0.39 is 0 Å². The molecular weight excluding hydrogens is 222 g/mol. The fourth-order valence-electron chi connectivity index (χ4n) is 2.81. The average molecular weight is 241 g/mol. The molecule has 0 amide bonds. The zero-order chi connectivity index (χ0) is 12.4. The number of aromatic nitrogens is 2. The molecule has 1 aromatic heterocycles. The van der Waals surface area contributed by atoms with Crippen molar-refractivity contribution in [3.8, 4) is 11.3 Å². The van der Waals surface area contributed by atoms with Crippen LogP contribution < -0.4 is 5.73 Å². The zero-order valence-corrected chi connectivity index (χ0v) is 10.5. The van der Waals surface area contributed by atoms with Crippen LogP contribution in [0.1, 0.15) is 31.7 Å². The Bertz CT molecular complexity index is 495. The molecular formula is C15H19N3. The predicted molar refractivity (Wildman–Crippen MR) is 73.1 cm³/mol. The van der Waals surface area contributed by atoms with Gasteiger partial charge in [0.2, 0.25) is 0 Å². The van der Waals surface area contributed by atoms with E-state index in [2.05, 4.69) is 33.8 Å². The lowest BCUT2D eigenvalue weighted by Gasteiger charge is -2.28. The molecule has 0 radical (unpaired) electrons. The molecule has 1 heterocycles. The highest BCUT2D eigenvalue weighted by Crippen LogP contribution is 2.31. The van der Waals surface area contributed by atoms with Crippen molar-refractivity contribution in [2.45, 2.75) is 37.8 Å². The molecule has 0 bridgehead atoms. The first-order valence-electron chi connectivity index (χ1n) is 6.67. The summed E-state index contributed by atoms with van der Waals surface area (Å²) in [6.45, 7) is 0. The lowest BCUT2D eigenvalue weighted by atomic mass is 9.91. The summed E-state index contributed by atoms with van der Waals surface area (Å²) in [4.78, 5) is 4.32. The molecule has 0 aliphatic heterocycles. The van der Waals surface area contributed by atoms with Gasteiger partial charge >= 0.3 is 0 Å². The number of benzene rings is 1. The monoisotopic (exact) mass is 241 g/mol. The molecule has 94 valence electrons. The second-order valence-corrected chi connectivity index (χ2v) is 5.12. The Kier molecular flexibility index (Phi) is 3.15. The molecule has 1 aliphatic carbocycles. The Hall–Kier alpha value is -1.61. The van der Waals surface area contributed by atoms with Crippen LogP contribution in [0, 0.1) is 0 Å². The maximum Gasteiger partial charge on any atom is 0.0953 e. The smallest absolute Gasteiger partial charge is 0.0953 e. The third kappa shape index (κ3) is 2.18. The Balaban J connectivity index is 1.88. The van der Waals surface area contributed by atoms with Gasteiger partial charge in [-0.15, -0.1) is 0 Å². The predicted octanol–water partition coefficient (Wildman–Crippen LogP) is 2.99. The van der Waals surface area contributed by atoms with Crippen molar-refractivity contribution in [2.24, 2.45) is 5.73 Å². The van der Waals surface area contributed by atoms with Crippen molar-refractivity contribution in [2.75, 3.05) is 0 Å². The third-order valence-corrected chi connectivity index (χ3v) is 3.87. The van der Waals surface area contributed by atoms with Gasteiger partial charge < -0.3 is 10.3 Å². The molecule has 1 aliphatic rings. The van der Waals surface area contributed by atoms with E-state index in [1.54, 1.807) is 0 Å². The fraction of sp³-hybridized carbons (Fsp3) is 0.400. The van der Waals surface area contributed by atoms with Gasteiger partial charge in [-0.2, -0.15) is 0 Å². The zero-order valence-electron chi connectivity index (χ0n) is 10.5. The molecule has 2 N–H and O–H groups in total. The lowest BCUT2D eigenvalue weighted by Crippen LogP contribution is -2.27. The van der Waals surface area contributed by atoms with Crippen molar-refractivity contribution >= 4 is 0 Å². The van der Waals surface area contributed by atoms with Crippen molar-refractivity contribution in [1.82, 2.24) is 9.55 Å². The van der Waals surface area contributed by atoms with Gasteiger partial charge in [0.25, 0.3) is 0 Å². The maximum atomic E-state index is 5.97. The van der Waals surface area contributed by atoms with Crippen LogP contribution in [0.25, 0.3) is 11.3 Å². The summed E-state index contributed by atoms with van der Waals surface area (Å²) in [6.07, 6.45) is 8.50. The van der Waals surface area contributed by atoms with Gasteiger partial charge in [-0.1, -0.05) is 30.3 Å². The standard InChI is InChI=1S/C15H19N3/c16-13-6-8-14(9-7-13)18-11-17-10-15(18)12-4-2-1-3-5-12/h1-5,10-11,13-14H,6-9,16H2. The van der Waals surface area contributed by atoms with Crippen LogP contribution in [0.3, 0.4) is 0 Å². The van der Waals surface area contributed by atoms with Crippen LogP contribution >= 0.6 is 0 Å². The van der Waals surface area contributed by atoms with Gasteiger partial charge in [0.1, 0.15) is 0 Å². The minimum atomic E-state index is 0.393. The average Bonchev–Trinajstić information content (AvgIpc) is 2.90. The van der Waals surface area contributed by atoms with E-state index in [0.717, 1.165) is 25.7 Å². The highest BCUT2D eigenvalue weighted by Gasteiger charge is 2.21. The van der Waals surface area contributed by atoms with Crippen molar-refractivity contribution < 1.29 is 0 Å². The number of hydrogen-bond acceptors (Lipinski definition) is 2. The van der Waals surface area contributed by atoms with Crippen LogP contribution in [-0.4, -0.2) is 15.6 Å². The minimum absolute atomic E-state index is 0.393. The van der Waals surface area contributed by atoms with Gasteiger partial charge in [-0.3, -0.25) is 0 Å². The SMILES string of the molecule is NC1CCC(n2cncc2-c2ccccc2)CC1. The van der Waals surface area contributed by atoms with E-state index in [4.69, 9.17) is 5.73 Å². The maximum absolute atomic E-state index is 5.97. The first-order chi connectivity index (χ1) is 8.84. The van der Waals surface area contributed by atoms with Gasteiger partial charge in [-0.25, -0.2) is 4.98 Å². The third-order valence-electron chi connectivity index (χ3n) is 3.87. The van der Waals surface area contributed by atoms with Crippen molar-refractivity contribution in [1.29, 1.82) is 0 Å². The van der Waals surface area contributed by atoms with E-state index in [1.807, 2.05) is 18.6 Å². The van der Waals surface area contributed by atoms with Crippen LogP contribution in [0.2, 0.25) is 0 Å². The largest absolute Gasteiger partial charge is 0.328 e. The molecule has 1 fully saturated rings. The van der Waals surface area contributed by atoms with E-state index in [-0.39, 0.29) is 0 Å². The Morgan fingerprint density at radius 2 is 1.78 bits per heavy atom. The Labute approximate surface area is 108 Å². The normalized spacial score (nSPS) is 24.1. The van der Waals surface area contributed by atoms with E-state index in [1.165, 1.54) is 11.3 Å². The summed E-state index contributed by atoms with van der Waals surface area (Å²) in [5.41, 5.74) is 8.43. The highest BCUT2D eigenvalue weighted by molar-refractivity contribution is 5.58. The van der Waals surface area contributed by atoms with E-state index in [0.29, 0.717) is 12.1 Å². The van der Waals surface area contributed by atoms with Crippen LogP contribution in [-0.2, 0) is 0 Å². The van der Waals surface area contributed by atoms with Gasteiger partial charge in [-0.05, 0) is 31.2 Å². The second-order valence-electron chi connectivity index (χ2n) is 5.12. The van der Waals surface area contributed by atoms with Crippen molar-refractivity contribution in [3.63, 3.8) is 0 Å². The summed E-state index contributed by atoms with van der Waals surface area (Å²) in [6, 6.07) is 11.4. The first-order valence-corrected chi connectivity index (χ1v) is 6.67. The minimum Gasteiger partial charge on any atom is -0.328 e. The molecule has 0 atom stereocenters. The molecule has 1 aromatic carbocycles. The highest BCUT2D eigenvalue weighted by atomic mass is 15.1. The second kappa shape index (κ2) is 4.94. The van der Waals surface area contributed by atoms with Gasteiger partial charge in [0, 0.05) is 12.1 Å². The number of hydrogen-bond donors (Lipinski definition) is 1. The topological polar surface area (TPSA) is 43.8 Å². The number of rotatable bonds is 2. The van der Waals surface area contributed by atoms with Crippen LogP contribution in [0.15, 0.2) is 42.9 Å². The molecule has 0 saturated heterocycles. The summed E-state index contributed by atoms with van der Waals surface area (Å²) < 4.78 is 2.32. The molecule has 2 aromatic rings. The number of nitrogens with zero attached hydrogens (tertiary/aromatic N) is 2. The molecule has 3 rings (SSSR count). The fourth-order valence-corrected chi connectivity index (χ4v) is 2.81. The van der Waals surface area contributed by atoms with Crippen LogP contribution in [0.4, 0.5) is 0 Å². The molecule has 0 unspecified atom stereocenters. The molecule has 18 heavy (non-hydrogen) atoms. The molecule has 3 nitrogen and oxygen atoms in total. The van der Waals surface area contributed by atoms with Gasteiger partial charge in [0.05, 0.1) is 18.2 Å². The summed E-state index contributed by atoms with van der Waals surface area (Å²) in [5.74, 6) is 0. The molecule has 0 spiro atoms. The molecule has 1 saturated carbocycles. The van der Waals surface area contributed by atoms with E-state index >= 15 is 0 Å². The summed E-state index contributed by atoms with van der Waals surface area (Å²) >= 11 is 0. The quantitative estimate of drug-likeness (QED) is 0.878. The lowest BCUT2D eigenvalue weighted by molar-refractivity contribution is 0.325. The number of imidazole rings is 1. The first kappa shape index (κ1) is 11.5. The Morgan fingerprint density at radius 1 is 1.06 bits per heavy atom.